The van der Waals surface area contributed by atoms with Crippen molar-refractivity contribution in [3.63, 3.8) is 0 Å². The SMILES string of the molecule is COc1cccc(C(=O)Nc2cc(-c3csc(-c4sc(NC(=O)NC5CCS(=O)(=O)C5)nc4N)n3)c(F)cc2F)c1. The first kappa shape index (κ1) is 28.4. The first-order valence-electron chi connectivity index (χ1n) is 12.0. The molecule has 0 aliphatic carbocycles. The summed E-state index contributed by atoms with van der Waals surface area (Å²) in [5.74, 6) is -2.06. The van der Waals surface area contributed by atoms with Gasteiger partial charge in [0.25, 0.3) is 5.91 Å². The Kier molecular flexibility index (Phi) is 7.88. The molecule has 1 aliphatic heterocycles. The highest BCUT2D eigenvalue weighted by Gasteiger charge is 2.29. The second kappa shape index (κ2) is 11.4. The third-order valence-electron chi connectivity index (χ3n) is 6.05. The fraction of sp³-hybridized carbons (Fsp3) is 0.200. The number of rotatable bonds is 7. The summed E-state index contributed by atoms with van der Waals surface area (Å²) in [5, 5.41) is 9.65. The standard InChI is InChI=1S/C25H22F2N6O5S3/c1-38-14-4-2-3-12(7-14)22(34)30-18-8-15(16(26)9-17(18)27)19-10-39-23(31-19)20-21(28)32-25(40-20)33-24(35)29-13-5-6-41(36,37)11-13/h2-4,7-10,13H,5-6,11,28H2,1H3,(H,30,34)(H2,29,32,33,35). The van der Waals surface area contributed by atoms with Crippen molar-refractivity contribution in [3.8, 4) is 26.9 Å². The molecule has 1 aliphatic rings. The second-order valence-electron chi connectivity index (χ2n) is 8.97. The largest absolute Gasteiger partial charge is 0.497 e. The quantitative estimate of drug-likeness (QED) is 0.237. The summed E-state index contributed by atoms with van der Waals surface area (Å²) in [6.45, 7) is 0. The molecule has 0 saturated carbocycles. The minimum atomic E-state index is -3.16. The second-order valence-corrected chi connectivity index (χ2v) is 13.1. The molecule has 214 valence electrons. The van der Waals surface area contributed by atoms with E-state index < -0.39 is 39.5 Å². The summed E-state index contributed by atoms with van der Waals surface area (Å²) in [6, 6.07) is 6.97. The van der Waals surface area contributed by atoms with Gasteiger partial charge in [-0.3, -0.25) is 10.1 Å². The molecular weight excluding hydrogens is 599 g/mol. The van der Waals surface area contributed by atoms with Crippen molar-refractivity contribution < 1.29 is 31.5 Å². The van der Waals surface area contributed by atoms with Crippen molar-refractivity contribution in [2.24, 2.45) is 0 Å². The molecule has 1 unspecified atom stereocenters. The van der Waals surface area contributed by atoms with E-state index in [0.29, 0.717) is 28.1 Å². The molecule has 2 aromatic carbocycles. The van der Waals surface area contributed by atoms with Gasteiger partial charge in [0.05, 0.1) is 30.0 Å². The highest BCUT2D eigenvalue weighted by Crippen LogP contribution is 2.39. The molecule has 1 fully saturated rings. The zero-order chi connectivity index (χ0) is 29.3. The smallest absolute Gasteiger partial charge is 0.321 e. The number of hydrogen-bond donors (Lipinski definition) is 4. The number of nitrogens with zero attached hydrogens (tertiary/aromatic N) is 2. The number of nitrogen functional groups attached to an aromatic ring is 1. The predicted octanol–water partition coefficient (Wildman–Crippen LogP) is 4.36. The van der Waals surface area contributed by atoms with Crippen LogP contribution < -0.4 is 26.4 Å². The van der Waals surface area contributed by atoms with E-state index in [1.54, 1.807) is 17.5 Å². The normalized spacial score (nSPS) is 15.8. The molecule has 0 bridgehead atoms. The zero-order valence-corrected chi connectivity index (χ0v) is 23.7. The van der Waals surface area contributed by atoms with Gasteiger partial charge in [-0.05, 0) is 30.7 Å². The van der Waals surface area contributed by atoms with E-state index in [2.05, 4.69) is 25.9 Å². The predicted molar refractivity (Wildman–Crippen MR) is 153 cm³/mol. The van der Waals surface area contributed by atoms with Crippen LogP contribution in [0.15, 0.2) is 41.8 Å². The Labute approximate surface area is 240 Å². The van der Waals surface area contributed by atoms with E-state index in [0.717, 1.165) is 28.7 Å². The number of benzene rings is 2. The van der Waals surface area contributed by atoms with Crippen LogP contribution in [0, 0.1) is 11.6 Å². The average Bonchev–Trinajstić information content (AvgIpc) is 3.63. The number of methoxy groups -OCH3 is 1. The number of amides is 3. The van der Waals surface area contributed by atoms with E-state index in [4.69, 9.17) is 10.5 Å². The molecule has 5 N–H and O–H groups in total. The number of carbonyl (C=O) groups is 2. The summed E-state index contributed by atoms with van der Waals surface area (Å²) >= 11 is 2.15. The number of nitrogens with two attached hydrogens (primary N) is 1. The van der Waals surface area contributed by atoms with Crippen LogP contribution in [0.1, 0.15) is 16.8 Å². The van der Waals surface area contributed by atoms with E-state index in [1.165, 1.54) is 19.2 Å². The van der Waals surface area contributed by atoms with Crippen molar-refractivity contribution in [2.75, 3.05) is 35.0 Å². The van der Waals surface area contributed by atoms with Gasteiger partial charge in [-0.25, -0.2) is 32.0 Å². The molecule has 4 aromatic rings. The molecule has 41 heavy (non-hydrogen) atoms. The fourth-order valence-electron chi connectivity index (χ4n) is 4.07. The molecule has 16 heteroatoms. The third kappa shape index (κ3) is 6.44. The highest BCUT2D eigenvalue weighted by molar-refractivity contribution is 7.91. The Morgan fingerprint density at radius 2 is 1.93 bits per heavy atom. The van der Waals surface area contributed by atoms with Gasteiger partial charge >= 0.3 is 6.03 Å². The van der Waals surface area contributed by atoms with Gasteiger partial charge in [-0.15, -0.1) is 11.3 Å². The van der Waals surface area contributed by atoms with Gasteiger partial charge in [-0.1, -0.05) is 17.4 Å². The number of aromatic nitrogens is 2. The number of thiazole rings is 2. The summed E-state index contributed by atoms with van der Waals surface area (Å²) in [5.41, 5.74) is 6.13. The van der Waals surface area contributed by atoms with Gasteiger partial charge in [0.1, 0.15) is 33.1 Å². The topological polar surface area (TPSA) is 165 Å². The maximum Gasteiger partial charge on any atom is 0.321 e. The molecule has 0 spiro atoms. The maximum atomic E-state index is 14.8. The Morgan fingerprint density at radius 3 is 2.66 bits per heavy atom. The number of sulfone groups is 1. The van der Waals surface area contributed by atoms with Crippen LogP contribution in [0.4, 0.5) is 30.2 Å². The van der Waals surface area contributed by atoms with Crippen molar-refractivity contribution in [1.82, 2.24) is 15.3 Å². The van der Waals surface area contributed by atoms with Gasteiger partial charge in [0.15, 0.2) is 15.0 Å². The zero-order valence-electron chi connectivity index (χ0n) is 21.2. The van der Waals surface area contributed by atoms with Gasteiger partial charge in [0, 0.05) is 28.6 Å². The first-order valence-corrected chi connectivity index (χ1v) is 15.5. The van der Waals surface area contributed by atoms with Crippen LogP contribution in [0.2, 0.25) is 0 Å². The average molecular weight is 621 g/mol. The number of hydrogen-bond acceptors (Lipinski definition) is 10. The lowest BCUT2D eigenvalue weighted by Gasteiger charge is -2.10. The lowest BCUT2D eigenvalue weighted by Crippen LogP contribution is -2.38. The van der Waals surface area contributed by atoms with Crippen molar-refractivity contribution in [3.05, 3.63) is 59.0 Å². The van der Waals surface area contributed by atoms with E-state index >= 15 is 0 Å². The molecular formula is C25H22F2N6O5S3. The molecule has 2 aromatic heterocycles. The summed E-state index contributed by atoms with van der Waals surface area (Å²) in [6.07, 6.45) is 0.329. The third-order valence-corrected chi connectivity index (χ3v) is 9.80. The molecule has 11 nitrogen and oxygen atoms in total. The minimum absolute atomic E-state index is 0.0173. The van der Waals surface area contributed by atoms with Crippen LogP contribution in [-0.2, 0) is 9.84 Å². The molecule has 0 radical (unpaired) electrons. The highest BCUT2D eigenvalue weighted by atomic mass is 32.2. The monoisotopic (exact) mass is 620 g/mol. The van der Waals surface area contributed by atoms with Crippen LogP contribution in [-0.4, -0.2) is 55.0 Å². The number of carbonyl (C=O) groups excluding carboxylic acids is 2. The van der Waals surface area contributed by atoms with E-state index in [-0.39, 0.29) is 45.0 Å². The number of halogens is 2. The molecule has 5 rings (SSSR count). The summed E-state index contributed by atoms with van der Waals surface area (Å²) < 4.78 is 57.7. The van der Waals surface area contributed by atoms with Crippen LogP contribution in [0.3, 0.4) is 0 Å². The summed E-state index contributed by atoms with van der Waals surface area (Å²) in [7, 11) is -1.71. The number of ether oxygens (including phenoxy) is 1. The van der Waals surface area contributed by atoms with Crippen molar-refractivity contribution in [2.45, 2.75) is 12.5 Å². The van der Waals surface area contributed by atoms with Gasteiger partial charge in [-0.2, -0.15) is 0 Å². The van der Waals surface area contributed by atoms with Crippen LogP contribution in [0.5, 0.6) is 5.75 Å². The van der Waals surface area contributed by atoms with Crippen LogP contribution >= 0.6 is 22.7 Å². The molecule has 3 amide bonds. The summed E-state index contributed by atoms with van der Waals surface area (Å²) in [4.78, 5) is 33.9. The van der Waals surface area contributed by atoms with Crippen LogP contribution in [0.25, 0.3) is 21.1 Å². The van der Waals surface area contributed by atoms with Gasteiger partial charge in [0.2, 0.25) is 0 Å². The van der Waals surface area contributed by atoms with Crippen molar-refractivity contribution >= 4 is 61.1 Å². The number of anilines is 3. The Bertz CT molecular complexity index is 1760. The Hall–Kier alpha value is -4.15. The fourth-order valence-corrected chi connectivity index (χ4v) is 7.54. The van der Waals surface area contributed by atoms with Crippen molar-refractivity contribution in [1.29, 1.82) is 0 Å². The molecule has 1 atom stereocenters. The Morgan fingerprint density at radius 1 is 1.12 bits per heavy atom. The lowest BCUT2D eigenvalue weighted by molar-refractivity contribution is 0.102. The number of urea groups is 1. The maximum absolute atomic E-state index is 14.8. The van der Waals surface area contributed by atoms with E-state index in [1.807, 2.05) is 0 Å². The number of nitrogens with one attached hydrogen (secondary N) is 3. The molecule has 1 saturated heterocycles. The minimum Gasteiger partial charge on any atom is -0.497 e. The van der Waals surface area contributed by atoms with E-state index in [9.17, 15) is 26.8 Å². The first-order chi connectivity index (χ1) is 19.5. The van der Waals surface area contributed by atoms with Gasteiger partial charge < -0.3 is 21.1 Å². The molecule has 3 heterocycles. The Balaban J connectivity index is 1.32. The lowest BCUT2D eigenvalue weighted by atomic mass is 10.1.